The fraction of sp³-hybridized carbons (Fsp3) is 0.667. The van der Waals surface area contributed by atoms with Crippen molar-refractivity contribution < 1.29 is 0 Å². The maximum Gasteiger partial charge on any atom is 0.0576 e. The lowest BCUT2D eigenvalue weighted by Gasteiger charge is -2.07. The molecule has 2 atom stereocenters. The van der Waals surface area contributed by atoms with Gasteiger partial charge in [0.15, 0.2) is 0 Å². The molecule has 1 rings (SSSR count). The molecular weight excluding hydrogens is 136 g/mol. The molecule has 0 nitrogen and oxygen atoms in total. The van der Waals surface area contributed by atoms with Crippen LogP contribution < -0.4 is 0 Å². The highest BCUT2D eigenvalue weighted by Crippen LogP contribution is 2.36. The molecule has 0 radical (unpaired) electrons. The summed E-state index contributed by atoms with van der Waals surface area (Å²) < 4.78 is 0.509. The largest absolute Gasteiger partial charge is 0.164 e. The van der Waals surface area contributed by atoms with E-state index < -0.39 is 0 Å². The van der Waals surface area contributed by atoms with Gasteiger partial charge in [-0.15, -0.1) is 11.8 Å². The highest BCUT2D eigenvalue weighted by atomic mass is 32.2. The molecule has 0 aromatic carbocycles. The summed E-state index contributed by atoms with van der Waals surface area (Å²) in [5.41, 5.74) is 1.47. The third-order valence-electron chi connectivity index (χ3n) is 1.54. The van der Waals surface area contributed by atoms with Gasteiger partial charge in [0, 0.05) is 0 Å². The Morgan fingerprint density at radius 3 is 2.50 bits per heavy atom. The molecule has 1 aliphatic rings. The number of rotatable bonds is 0. The van der Waals surface area contributed by atoms with E-state index in [4.69, 9.17) is 0 Å². The summed E-state index contributed by atoms with van der Waals surface area (Å²) in [5, 5.41) is 2.20. The van der Waals surface area contributed by atoms with Gasteiger partial charge in [0.05, 0.1) is 4.58 Å². The zero-order valence-electron chi connectivity index (χ0n) is 5.09. The number of hydrogen-bond donors (Lipinski definition) is 1. The Morgan fingerprint density at radius 1 is 1.75 bits per heavy atom. The van der Waals surface area contributed by atoms with E-state index in [0.29, 0.717) is 10.5 Å². The molecule has 1 aliphatic heterocycles. The van der Waals surface area contributed by atoms with Crippen LogP contribution in [-0.2, 0) is 0 Å². The minimum Gasteiger partial charge on any atom is -0.164 e. The number of hydrogen-bond acceptors (Lipinski definition) is 2. The Morgan fingerprint density at radius 2 is 2.38 bits per heavy atom. The van der Waals surface area contributed by atoms with Crippen molar-refractivity contribution in [2.45, 2.75) is 18.4 Å². The quantitative estimate of drug-likeness (QED) is 0.512. The molecule has 0 aromatic rings. The van der Waals surface area contributed by atoms with Crippen molar-refractivity contribution in [3.05, 3.63) is 11.0 Å². The zero-order chi connectivity index (χ0) is 6.15. The molecule has 0 saturated heterocycles. The van der Waals surface area contributed by atoms with Crippen LogP contribution in [0.1, 0.15) is 13.8 Å². The van der Waals surface area contributed by atoms with Crippen molar-refractivity contribution in [1.82, 2.24) is 0 Å². The highest BCUT2D eigenvalue weighted by Gasteiger charge is 2.19. The van der Waals surface area contributed by atoms with E-state index in [1.165, 1.54) is 5.57 Å². The predicted octanol–water partition coefficient (Wildman–Crippen LogP) is 2.53. The molecule has 2 heteroatoms. The predicted molar refractivity (Wildman–Crippen MR) is 43.3 cm³/mol. The van der Waals surface area contributed by atoms with Gasteiger partial charge in [0.2, 0.25) is 0 Å². The third kappa shape index (κ3) is 1.06. The monoisotopic (exact) mass is 146 g/mol. The Labute approximate surface area is 60.1 Å². The Kier molecular flexibility index (Phi) is 1.93. The SMILES string of the molecule is CC1=CS[C@@H](S)[C@@H]1C. The first-order valence-corrected chi connectivity index (χ1v) is 4.18. The minimum absolute atomic E-state index is 0.509. The van der Waals surface area contributed by atoms with Crippen molar-refractivity contribution >= 4 is 24.4 Å². The highest BCUT2D eigenvalue weighted by molar-refractivity contribution is 8.12. The van der Waals surface area contributed by atoms with Crippen LogP contribution in [0.3, 0.4) is 0 Å². The number of thiol groups is 1. The Bertz CT molecular complexity index is 118. The van der Waals surface area contributed by atoms with Gasteiger partial charge >= 0.3 is 0 Å². The van der Waals surface area contributed by atoms with Gasteiger partial charge in [0.1, 0.15) is 0 Å². The summed E-state index contributed by atoms with van der Waals surface area (Å²) >= 11 is 6.17. The summed E-state index contributed by atoms with van der Waals surface area (Å²) in [6, 6.07) is 0. The van der Waals surface area contributed by atoms with Crippen molar-refractivity contribution in [3.8, 4) is 0 Å². The number of allylic oxidation sites excluding steroid dienone is 1. The van der Waals surface area contributed by atoms with Crippen LogP contribution in [0.15, 0.2) is 11.0 Å². The van der Waals surface area contributed by atoms with Gasteiger partial charge in [-0.3, -0.25) is 0 Å². The van der Waals surface area contributed by atoms with Gasteiger partial charge in [-0.1, -0.05) is 12.5 Å². The van der Waals surface area contributed by atoms with E-state index in [9.17, 15) is 0 Å². The summed E-state index contributed by atoms with van der Waals surface area (Å²) in [4.78, 5) is 0. The molecule has 46 valence electrons. The summed E-state index contributed by atoms with van der Waals surface area (Å²) in [6.45, 7) is 4.37. The van der Waals surface area contributed by atoms with Gasteiger partial charge in [-0.25, -0.2) is 0 Å². The molecule has 8 heavy (non-hydrogen) atoms. The zero-order valence-corrected chi connectivity index (χ0v) is 6.80. The molecule has 0 unspecified atom stereocenters. The van der Waals surface area contributed by atoms with Crippen LogP contribution in [0.2, 0.25) is 0 Å². The second-order valence-electron chi connectivity index (χ2n) is 2.18. The fourth-order valence-electron chi connectivity index (χ4n) is 0.627. The van der Waals surface area contributed by atoms with Crippen molar-refractivity contribution in [2.24, 2.45) is 5.92 Å². The maximum atomic E-state index is 4.36. The standard InChI is InChI=1S/C6H10S2/c1-4-3-8-6(7)5(4)2/h3,5-7H,1-2H3/t5-,6-/m1/s1. The van der Waals surface area contributed by atoms with Crippen LogP contribution in [0.5, 0.6) is 0 Å². The molecule has 0 amide bonds. The van der Waals surface area contributed by atoms with E-state index in [2.05, 4.69) is 31.9 Å². The average Bonchev–Trinajstić information content (AvgIpc) is 1.98. The van der Waals surface area contributed by atoms with Crippen LogP contribution in [-0.4, -0.2) is 4.58 Å². The third-order valence-corrected chi connectivity index (χ3v) is 3.55. The lowest BCUT2D eigenvalue weighted by Crippen LogP contribution is -2.01. The summed E-state index contributed by atoms with van der Waals surface area (Å²) in [5.74, 6) is 0.670. The molecule has 0 spiro atoms. The first kappa shape index (κ1) is 6.56. The maximum absolute atomic E-state index is 4.36. The smallest absolute Gasteiger partial charge is 0.0576 e. The summed E-state index contributed by atoms with van der Waals surface area (Å²) in [7, 11) is 0. The normalized spacial score (nSPS) is 37.6. The molecule has 0 bridgehead atoms. The first-order valence-electron chi connectivity index (χ1n) is 2.72. The van der Waals surface area contributed by atoms with E-state index in [1.807, 2.05) is 11.8 Å². The van der Waals surface area contributed by atoms with E-state index in [1.54, 1.807) is 0 Å². The van der Waals surface area contributed by atoms with E-state index in [0.717, 1.165) is 0 Å². The minimum atomic E-state index is 0.509. The second-order valence-corrected chi connectivity index (χ2v) is 4.10. The van der Waals surface area contributed by atoms with Crippen LogP contribution in [0.4, 0.5) is 0 Å². The molecule has 0 fully saturated rings. The molecule has 0 aliphatic carbocycles. The number of thioether (sulfide) groups is 1. The second kappa shape index (κ2) is 2.36. The molecule has 0 N–H and O–H groups in total. The Hall–Kier alpha value is 0.440. The van der Waals surface area contributed by atoms with Crippen LogP contribution >= 0.6 is 24.4 Å². The lowest BCUT2D eigenvalue weighted by atomic mass is 10.1. The van der Waals surface area contributed by atoms with E-state index in [-0.39, 0.29) is 0 Å². The van der Waals surface area contributed by atoms with E-state index >= 15 is 0 Å². The molecule has 0 aromatic heterocycles. The van der Waals surface area contributed by atoms with Crippen molar-refractivity contribution in [2.75, 3.05) is 0 Å². The van der Waals surface area contributed by atoms with Gasteiger partial charge in [0.25, 0.3) is 0 Å². The van der Waals surface area contributed by atoms with Gasteiger partial charge < -0.3 is 0 Å². The van der Waals surface area contributed by atoms with Crippen molar-refractivity contribution in [3.63, 3.8) is 0 Å². The van der Waals surface area contributed by atoms with Crippen LogP contribution in [0.25, 0.3) is 0 Å². The average molecular weight is 146 g/mol. The summed E-state index contributed by atoms with van der Waals surface area (Å²) in [6.07, 6.45) is 0. The van der Waals surface area contributed by atoms with Gasteiger partial charge in [-0.2, -0.15) is 12.6 Å². The molecule has 0 saturated carbocycles. The fourth-order valence-corrected chi connectivity index (χ4v) is 2.06. The molecular formula is C6H10S2. The van der Waals surface area contributed by atoms with Crippen LogP contribution in [0, 0.1) is 5.92 Å². The van der Waals surface area contributed by atoms with Gasteiger partial charge in [-0.05, 0) is 18.2 Å². The first-order chi connectivity index (χ1) is 3.72. The lowest BCUT2D eigenvalue weighted by molar-refractivity contribution is 0.771. The molecule has 1 heterocycles. The topological polar surface area (TPSA) is 0 Å². The van der Waals surface area contributed by atoms with Crippen molar-refractivity contribution in [1.29, 1.82) is 0 Å². The Balaban J connectivity index is 2.59.